The molecular weight excluding hydrogens is 601 g/mol. The van der Waals surface area contributed by atoms with Crippen molar-refractivity contribution in [3.8, 4) is 45.2 Å². The topological polar surface area (TPSA) is 0 Å². The number of allylic oxidation sites excluding steroid dienone is 9. The van der Waals surface area contributed by atoms with Crippen molar-refractivity contribution in [3.63, 3.8) is 0 Å². The van der Waals surface area contributed by atoms with Crippen LogP contribution in [0.2, 0.25) is 0 Å². The van der Waals surface area contributed by atoms with Gasteiger partial charge in [-0.3, -0.25) is 0 Å². The molecule has 0 N–H and O–H groups in total. The molecule has 0 aliphatic heterocycles. The molecule has 0 radical (unpaired) electrons. The predicted octanol–water partition coefficient (Wildman–Crippen LogP) is 13.0. The molecule has 0 saturated heterocycles. The molecule has 1 aliphatic rings. The number of hydrogen-bond donors (Lipinski definition) is 0. The minimum Gasteiger partial charge on any atom is -0.0984 e. The van der Waals surface area contributed by atoms with Gasteiger partial charge >= 0.3 is 0 Å². The molecule has 5 rings (SSSR count). The fraction of sp³-hybridized carbons (Fsp3) is 0.200. The van der Waals surface area contributed by atoms with Gasteiger partial charge in [-0.1, -0.05) is 167 Å². The molecule has 50 heavy (non-hydrogen) atoms. The Bertz CT molecular complexity index is 2110. The van der Waals surface area contributed by atoms with Gasteiger partial charge < -0.3 is 0 Å². The molecule has 0 spiro atoms. The summed E-state index contributed by atoms with van der Waals surface area (Å²) in [6.07, 6.45) is 27.0. The van der Waals surface area contributed by atoms with Gasteiger partial charge in [0.1, 0.15) is 0 Å². The molecule has 4 aromatic carbocycles. The fourth-order valence-corrected chi connectivity index (χ4v) is 6.51. The van der Waals surface area contributed by atoms with E-state index in [9.17, 15) is 0 Å². The lowest BCUT2D eigenvalue weighted by Gasteiger charge is -2.19. The van der Waals surface area contributed by atoms with Crippen LogP contribution in [0.5, 0.6) is 0 Å². The van der Waals surface area contributed by atoms with Gasteiger partial charge in [0.15, 0.2) is 0 Å². The second-order valence-corrected chi connectivity index (χ2v) is 11.9. The summed E-state index contributed by atoms with van der Waals surface area (Å²) in [5, 5.41) is 2.49. The van der Waals surface area contributed by atoms with Crippen LogP contribution in [-0.4, -0.2) is 0 Å². The van der Waals surface area contributed by atoms with Crippen molar-refractivity contribution in [2.75, 3.05) is 0 Å². The summed E-state index contributed by atoms with van der Waals surface area (Å²) in [6, 6.07) is 26.6. The van der Waals surface area contributed by atoms with Crippen LogP contribution in [-0.2, 0) is 0 Å². The maximum absolute atomic E-state index is 4.34. The Labute approximate surface area is 302 Å². The van der Waals surface area contributed by atoms with E-state index >= 15 is 0 Å². The molecule has 0 nitrogen and oxygen atoms in total. The van der Waals surface area contributed by atoms with Crippen LogP contribution in [0.15, 0.2) is 127 Å². The van der Waals surface area contributed by atoms with E-state index < -0.39 is 0 Å². The minimum absolute atomic E-state index is 0.928. The predicted molar refractivity (Wildman–Crippen MR) is 225 cm³/mol. The molecule has 0 amide bonds. The average Bonchev–Trinajstić information content (AvgIpc) is 3.18. The molecule has 1 aliphatic carbocycles. The van der Waals surface area contributed by atoms with Crippen molar-refractivity contribution in [2.24, 2.45) is 0 Å². The highest BCUT2D eigenvalue weighted by Crippen LogP contribution is 2.33. The van der Waals surface area contributed by atoms with E-state index in [1.54, 1.807) is 0 Å². The molecule has 0 atom stereocenters. The van der Waals surface area contributed by atoms with E-state index in [-0.39, 0.29) is 0 Å². The Morgan fingerprint density at radius 1 is 0.700 bits per heavy atom. The summed E-state index contributed by atoms with van der Waals surface area (Å²) in [5.41, 5.74) is 14.1. The van der Waals surface area contributed by atoms with Crippen LogP contribution in [0.1, 0.15) is 90.0 Å². The largest absolute Gasteiger partial charge is 0.0984 e. The molecule has 0 unspecified atom stereocenters. The maximum Gasteiger partial charge on any atom is 0.0249 e. The first-order valence-electron chi connectivity index (χ1n) is 18.2. The Morgan fingerprint density at radius 3 is 1.82 bits per heavy atom. The average molecular weight is 653 g/mol. The summed E-state index contributed by atoms with van der Waals surface area (Å²) in [7, 11) is 0. The molecule has 0 saturated carbocycles. The van der Waals surface area contributed by atoms with Gasteiger partial charge in [-0.05, 0) is 125 Å². The summed E-state index contributed by atoms with van der Waals surface area (Å²) in [5.74, 6) is 6.69. The van der Waals surface area contributed by atoms with Crippen molar-refractivity contribution >= 4 is 29.9 Å². The summed E-state index contributed by atoms with van der Waals surface area (Å²) in [4.78, 5) is 0. The molecule has 252 valence electrons. The molecule has 4 aromatic rings. The van der Waals surface area contributed by atoms with Crippen LogP contribution in [0.4, 0.5) is 0 Å². The lowest BCUT2D eigenvalue weighted by atomic mass is 9.84. The van der Waals surface area contributed by atoms with Gasteiger partial charge in [0.2, 0.25) is 0 Å². The van der Waals surface area contributed by atoms with E-state index in [1.165, 1.54) is 60.5 Å². The zero-order chi connectivity index (χ0) is 35.9. The highest BCUT2D eigenvalue weighted by Gasteiger charge is 2.17. The van der Waals surface area contributed by atoms with E-state index in [4.69, 9.17) is 0 Å². The lowest BCUT2D eigenvalue weighted by Crippen LogP contribution is -2.31. The molecule has 0 aromatic heterocycles. The van der Waals surface area contributed by atoms with Gasteiger partial charge in [0.25, 0.3) is 0 Å². The number of benzene rings is 4. The van der Waals surface area contributed by atoms with Crippen LogP contribution in [0.3, 0.4) is 0 Å². The second kappa shape index (κ2) is 19.0. The van der Waals surface area contributed by atoms with Crippen molar-refractivity contribution in [1.29, 1.82) is 0 Å². The Morgan fingerprint density at radius 2 is 1.30 bits per heavy atom. The molecule has 0 heterocycles. The Balaban J connectivity index is 0.00000276. The third-order valence-electron chi connectivity index (χ3n) is 8.79. The molecular formula is C50H52. The first-order chi connectivity index (χ1) is 24.6. The third-order valence-corrected chi connectivity index (χ3v) is 8.79. The number of hydrogen-bond acceptors (Lipinski definition) is 0. The van der Waals surface area contributed by atoms with Crippen LogP contribution in [0, 0.1) is 11.8 Å². The zero-order valence-corrected chi connectivity index (χ0v) is 31.1. The van der Waals surface area contributed by atoms with Crippen molar-refractivity contribution in [3.05, 3.63) is 160 Å². The smallest absolute Gasteiger partial charge is 0.0249 e. The van der Waals surface area contributed by atoms with E-state index in [2.05, 4.69) is 187 Å². The van der Waals surface area contributed by atoms with Gasteiger partial charge in [-0.15, -0.1) is 0 Å². The Hall–Kier alpha value is -5.38. The monoisotopic (exact) mass is 652 g/mol. The highest BCUT2D eigenvalue weighted by molar-refractivity contribution is 5.90. The first-order valence-corrected chi connectivity index (χ1v) is 18.2. The quantitative estimate of drug-likeness (QED) is 0.131. The second-order valence-electron chi connectivity index (χ2n) is 11.9. The zero-order valence-electron chi connectivity index (χ0n) is 31.1. The van der Waals surface area contributed by atoms with Gasteiger partial charge in [0.05, 0.1) is 0 Å². The Kier molecular flexibility index (Phi) is 14.2. The summed E-state index contributed by atoms with van der Waals surface area (Å²) < 4.78 is 0. The molecule has 0 heteroatoms. The molecule has 0 bridgehead atoms. The van der Waals surface area contributed by atoms with Gasteiger partial charge in [-0.2, -0.15) is 0 Å². The molecule has 0 fully saturated rings. The van der Waals surface area contributed by atoms with Gasteiger partial charge in [-0.25, -0.2) is 0 Å². The minimum atomic E-state index is 0.928. The van der Waals surface area contributed by atoms with Crippen LogP contribution in [0.25, 0.3) is 63.3 Å². The standard InChI is InChI=1S/C48H46.C2H6/c1-7-16-37(10-4)38-27-29-39(30-28-38)40-31-33-42(34-32-40)48-44(12-6)45(17-8-2)47(43(11-5)46(48)18-9-3)41-25-23-36(24-26-41)22-21-35-19-14-13-15-20-35;1-2/h7,9-12,14,16-20,23-34H,5,8,13,15H2,1-4,6H3;1-2H3/b16-7-,18-9-,37-10+,44-12+,45-17+;. The third kappa shape index (κ3) is 8.61. The number of rotatable bonds is 8. The summed E-state index contributed by atoms with van der Waals surface area (Å²) >= 11 is 0. The van der Waals surface area contributed by atoms with Gasteiger partial charge in [0, 0.05) is 11.1 Å². The van der Waals surface area contributed by atoms with Crippen molar-refractivity contribution in [2.45, 2.75) is 67.7 Å². The fourth-order valence-electron chi connectivity index (χ4n) is 6.51. The van der Waals surface area contributed by atoms with Crippen LogP contribution >= 0.6 is 0 Å². The highest BCUT2D eigenvalue weighted by atomic mass is 14.2. The van der Waals surface area contributed by atoms with E-state index in [0.29, 0.717) is 0 Å². The van der Waals surface area contributed by atoms with E-state index in [0.717, 1.165) is 36.0 Å². The van der Waals surface area contributed by atoms with Crippen LogP contribution < -0.4 is 10.4 Å². The SMILES string of the molecule is C=Cc1c(/C=C\C)c(-c2ccc(-c3ccc(C(/C=C\C)=C/C)cc3)cc2)c(=C/C)/c(=C\CC)c1-c1ccc(C#CC2=CCCC=C2)cc1.CC. The van der Waals surface area contributed by atoms with Crippen molar-refractivity contribution < 1.29 is 0 Å². The lowest BCUT2D eigenvalue weighted by molar-refractivity contribution is 1.03. The van der Waals surface area contributed by atoms with Crippen molar-refractivity contribution in [1.82, 2.24) is 0 Å². The first kappa shape index (κ1) is 37.4. The van der Waals surface area contributed by atoms with E-state index in [1.807, 2.05) is 19.9 Å². The summed E-state index contributed by atoms with van der Waals surface area (Å²) in [6.45, 7) is 18.9. The maximum atomic E-state index is 4.34. The normalized spacial score (nSPS) is 13.6.